The number of hydrogen-bond donors (Lipinski definition) is 2. The number of carbonyl (C=O) groups excluding carboxylic acids is 2. The van der Waals surface area contributed by atoms with E-state index in [1.807, 2.05) is 27.7 Å². The van der Waals surface area contributed by atoms with Crippen LogP contribution in [0.5, 0.6) is 0 Å². The lowest BCUT2D eigenvalue weighted by atomic mass is 9.96. The van der Waals surface area contributed by atoms with Crippen LogP contribution in [0.15, 0.2) is 0 Å². The number of ether oxygens (including phenoxy) is 2. The minimum atomic E-state index is -1.07. The van der Waals surface area contributed by atoms with Gasteiger partial charge in [-0.1, -0.05) is 27.7 Å². The third-order valence-corrected chi connectivity index (χ3v) is 5.82. The van der Waals surface area contributed by atoms with E-state index >= 15 is 0 Å². The molecule has 2 rings (SSSR count). The molecule has 0 heterocycles. The van der Waals surface area contributed by atoms with Gasteiger partial charge in [-0.2, -0.15) is 0 Å². The predicted molar refractivity (Wildman–Crippen MR) is 77.6 cm³/mol. The monoisotopic (exact) mass is 314 g/mol. The van der Waals surface area contributed by atoms with E-state index in [0.717, 1.165) is 0 Å². The van der Waals surface area contributed by atoms with Crippen LogP contribution in [0.2, 0.25) is 0 Å². The summed E-state index contributed by atoms with van der Waals surface area (Å²) in [5.74, 6) is -2.35. The van der Waals surface area contributed by atoms with Crippen molar-refractivity contribution in [3.63, 3.8) is 0 Å². The maximum Gasteiger partial charge on any atom is 0.309 e. The molecule has 0 amide bonds. The minimum absolute atomic E-state index is 0.371. The molecule has 0 radical (unpaired) electrons. The van der Waals surface area contributed by atoms with Crippen molar-refractivity contribution in [2.24, 2.45) is 34.5 Å². The zero-order valence-corrected chi connectivity index (χ0v) is 14.0. The van der Waals surface area contributed by atoms with Gasteiger partial charge in [-0.25, -0.2) is 0 Å². The molecule has 0 spiro atoms. The standard InChI is InChI=1S/C16H26O6/c1-15(2)7(9(15)13(19)21-5)11(17)12(18)8-10(14(20)22-6)16(8,3)4/h7-12,17-18H,1-6H3/t7-,8-,9-,10-,11-,12-/m0/s1. The second-order valence-corrected chi connectivity index (χ2v) is 7.68. The molecule has 0 unspecified atom stereocenters. The first kappa shape index (κ1) is 17.2. The third-order valence-electron chi connectivity index (χ3n) is 5.82. The molecule has 0 aliphatic heterocycles. The van der Waals surface area contributed by atoms with Crippen molar-refractivity contribution in [3.8, 4) is 0 Å². The van der Waals surface area contributed by atoms with Crippen LogP contribution in [0.25, 0.3) is 0 Å². The zero-order chi connectivity index (χ0) is 17.0. The van der Waals surface area contributed by atoms with Gasteiger partial charge in [0.2, 0.25) is 0 Å². The van der Waals surface area contributed by atoms with Gasteiger partial charge >= 0.3 is 11.9 Å². The highest BCUT2D eigenvalue weighted by atomic mass is 16.5. The first-order valence-corrected chi connectivity index (χ1v) is 7.55. The molecule has 6 heteroatoms. The molecule has 6 atom stereocenters. The highest BCUT2D eigenvalue weighted by Crippen LogP contribution is 2.65. The molecule has 6 nitrogen and oxygen atoms in total. The largest absolute Gasteiger partial charge is 0.469 e. The van der Waals surface area contributed by atoms with Gasteiger partial charge in [-0.15, -0.1) is 0 Å². The van der Waals surface area contributed by atoms with Crippen LogP contribution >= 0.6 is 0 Å². The molecule has 2 fully saturated rings. The van der Waals surface area contributed by atoms with Gasteiger partial charge in [-0.05, 0) is 10.8 Å². The number of carbonyl (C=O) groups is 2. The van der Waals surface area contributed by atoms with Crippen LogP contribution in [-0.4, -0.2) is 48.6 Å². The lowest BCUT2D eigenvalue weighted by Gasteiger charge is -2.20. The van der Waals surface area contributed by atoms with E-state index in [9.17, 15) is 19.8 Å². The fraction of sp³-hybridized carbons (Fsp3) is 0.875. The fourth-order valence-corrected chi connectivity index (χ4v) is 4.21. The molecule has 22 heavy (non-hydrogen) atoms. The van der Waals surface area contributed by atoms with Crippen molar-refractivity contribution in [3.05, 3.63) is 0 Å². The number of hydrogen-bond acceptors (Lipinski definition) is 6. The fourth-order valence-electron chi connectivity index (χ4n) is 4.21. The van der Waals surface area contributed by atoms with Gasteiger partial charge < -0.3 is 19.7 Å². The molecular weight excluding hydrogens is 288 g/mol. The summed E-state index contributed by atoms with van der Waals surface area (Å²) in [6, 6.07) is 0. The van der Waals surface area contributed by atoms with Crippen molar-refractivity contribution in [1.29, 1.82) is 0 Å². The normalized spacial score (nSPS) is 36.9. The smallest absolute Gasteiger partial charge is 0.309 e. The SMILES string of the molecule is COC(=O)[C@@H]1[C@@H]([C@H](O)[C@@H](O)[C@@H]2[C@@H](C(=O)OC)C2(C)C)C1(C)C. The van der Waals surface area contributed by atoms with Crippen molar-refractivity contribution in [1.82, 2.24) is 0 Å². The van der Waals surface area contributed by atoms with Crippen LogP contribution in [0.1, 0.15) is 27.7 Å². The average Bonchev–Trinajstić information content (AvgIpc) is 3.24. The minimum Gasteiger partial charge on any atom is -0.469 e. The maximum absolute atomic E-state index is 11.8. The number of aliphatic hydroxyl groups is 2. The average molecular weight is 314 g/mol. The Hall–Kier alpha value is -1.14. The molecule has 0 aromatic rings. The Morgan fingerprint density at radius 3 is 1.32 bits per heavy atom. The molecule has 2 aliphatic carbocycles. The lowest BCUT2D eigenvalue weighted by molar-refractivity contribution is -0.145. The van der Waals surface area contributed by atoms with E-state index in [2.05, 4.69) is 0 Å². The molecule has 2 N–H and O–H groups in total. The summed E-state index contributed by atoms with van der Waals surface area (Å²) in [5.41, 5.74) is -0.847. The van der Waals surface area contributed by atoms with Crippen LogP contribution in [-0.2, 0) is 19.1 Å². The molecule has 126 valence electrons. The topological polar surface area (TPSA) is 93.1 Å². The Morgan fingerprint density at radius 1 is 0.818 bits per heavy atom. The molecule has 2 saturated carbocycles. The van der Waals surface area contributed by atoms with Crippen molar-refractivity contribution in [2.45, 2.75) is 39.9 Å². The van der Waals surface area contributed by atoms with Crippen LogP contribution in [0.3, 0.4) is 0 Å². The van der Waals surface area contributed by atoms with E-state index in [0.29, 0.717) is 0 Å². The molecule has 0 aromatic carbocycles. The van der Waals surface area contributed by atoms with Crippen LogP contribution in [0.4, 0.5) is 0 Å². The van der Waals surface area contributed by atoms with E-state index in [4.69, 9.17) is 9.47 Å². The summed E-state index contributed by atoms with van der Waals surface area (Å²) in [4.78, 5) is 23.5. The Morgan fingerprint density at radius 2 is 1.09 bits per heavy atom. The Kier molecular flexibility index (Phi) is 4.07. The summed E-state index contributed by atoms with van der Waals surface area (Å²) >= 11 is 0. The quantitative estimate of drug-likeness (QED) is 0.722. The van der Waals surface area contributed by atoms with Crippen molar-refractivity contribution < 1.29 is 29.3 Å². The number of rotatable bonds is 5. The van der Waals surface area contributed by atoms with E-state index < -0.39 is 34.9 Å². The van der Waals surface area contributed by atoms with Gasteiger partial charge in [0.1, 0.15) is 0 Å². The van der Waals surface area contributed by atoms with Gasteiger partial charge in [0.25, 0.3) is 0 Å². The summed E-state index contributed by atoms with van der Waals surface area (Å²) in [6.07, 6.45) is -2.14. The Bertz CT molecular complexity index is 439. The summed E-state index contributed by atoms with van der Waals surface area (Å²) < 4.78 is 9.52. The highest BCUT2D eigenvalue weighted by molar-refractivity contribution is 5.78. The predicted octanol–water partition coefficient (Wildman–Crippen LogP) is 0.599. The first-order chi connectivity index (χ1) is 10.0. The van der Waals surface area contributed by atoms with E-state index in [-0.39, 0.29) is 23.8 Å². The van der Waals surface area contributed by atoms with Gasteiger partial charge in [0.15, 0.2) is 0 Å². The second kappa shape index (κ2) is 5.20. The van der Waals surface area contributed by atoms with Gasteiger partial charge in [-0.3, -0.25) is 9.59 Å². The summed E-state index contributed by atoms with van der Waals surface area (Å²) in [5, 5.41) is 21.0. The van der Waals surface area contributed by atoms with Gasteiger partial charge in [0.05, 0.1) is 38.3 Å². The molecule has 2 aliphatic rings. The van der Waals surface area contributed by atoms with Gasteiger partial charge in [0, 0.05) is 11.8 Å². The molecular formula is C16H26O6. The van der Waals surface area contributed by atoms with E-state index in [1.165, 1.54) is 14.2 Å². The molecule has 0 bridgehead atoms. The number of aliphatic hydroxyl groups excluding tert-OH is 2. The molecule has 0 saturated heterocycles. The van der Waals surface area contributed by atoms with Crippen molar-refractivity contribution in [2.75, 3.05) is 14.2 Å². The number of esters is 2. The summed E-state index contributed by atoms with van der Waals surface area (Å²) in [6.45, 7) is 7.46. The number of methoxy groups -OCH3 is 2. The van der Waals surface area contributed by atoms with Crippen LogP contribution < -0.4 is 0 Å². The zero-order valence-electron chi connectivity index (χ0n) is 14.0. The first-order valence-electron chi connectivity index (χ1n) is 7.55. The lowest BCUT2D eigenvalue weighted by Crippen LogP contribution is -2.34. The third kappa shape index (κ3) is 2.33. The van der Waals surface area contributed by atoms with Crippen molar-refractivity contribution >= 4 is 11.9 Å². The Balaban J connectivity index is 2.10. The van der Waals surface area contributed by atoms with E-state index in [1.54, 1.807) is 0 Å². The maximum atomic E-state index is 11.8. The second-order valence-electron chi connectivity index (χ2n) is 7.68. The highest BCUT2D eigenvalue weighted by Gasteiger charge is 2.71. The molecule has 0 aromatic heterocycles. The van der Waals surface area contributed by atoms with Crippen LogP contribution in [0, 0.1) is 34.5 Å². The Labute approximate surface area is 130 Å². The summed E-state index contributed by atoms with van der Waals surface area (Å²) in [7, 11) is 2.63.